The van der Waals surface area contributed by atoms with Crippen LogP contribution in [0, 0.1) is 0 Å². The molecule has 0 aliphatic carbocycles. The van der Waals surface area contributed by atoms with Crippen LogP contribution in [-0.2, 0) is 0 Å². The summed E-state index contributed by atoms with van der Waals surface area (Å²) < 4.78 is 1.28. The van der Waals surface area contributed by atoms with Crippen molar-refractivity contribution >= 4 is 33.7 Å². The molecule has 60 valence electrons. The molecule has 0 saturated heterocycles. The van der Waals surface area contributed by atoms with Gasteiger partial charge in [0.25, 0.3) is 0 Å². The van der Waals surface area contributed by atoms with Crippen molar-refractivity contribution in [3.05, 3.63) is 23.4 Å². The minimum atomic E-state index is -1.91. The van der Waals surface area contributed by atoms with E-state index in [9.17, 15) is 0 Å². The van der Waals surface area contributed by atoms with Crippen molar-refractivity contribution in [2.45, 2.75) is 14.8 Å². The molecule has 1 heterocycles. The van der Waals surface area contributed by atoms with E-state index >= 15 is 0 Å². The number of nitrogens with zero attached hydrogens (tertiary/aromatic N) is 1. The van der Waals surface area contributed by atoms with Crippen LogP contribution in [0.15, 0.2) is 18.3 Å². The van der Waals surface area contributed by atoms with Crippen LogP contribution in [0.3, 0.4) is 0 Å². The first-order valence-electron chi connectivity index (χ1n) is 3.62. The van der Waals surface area contributed by atoms with Crippen molar-refractivity contribution in [2.75, 3.05) is 0 Å². The number of hydrogen-bond acceptors (Lipinski definition) is 1. The average molecular weight is 276 g/mol. The molecule has 1 aromatic rings. The van der Waals surface area contributed by atoms with E-state index < -0.39 is 18.4 Å². The van der Waals surface area contributed by atoms with Crippen molar-refractivity contribution in [3.8, 4) is 0 Å². The first kappa shape index (κ1) is 9.33. The Balaban J connectivity index is 2.99. The van der Waals surface area contributed by atoms with Gasteiger partial charge in [0.05, 0.1) is 0 Å². The van der Waals surface area contributed by atoms with E-state index in [2.05, 4.69) is 25.9 Å². The van der Waals surface area contributed by atoms with Gasteiger partial charge in [-0.2, -0.15) is 0 Å². The Kier molecular flexibility index (Phi) is 2.81. The van der Waals surface area contributed by atoms with Gasteiger partial charge >= 0.3 is 76.8 Å². The molecule has 1 rings (SSSR count). The second-order valence-corrected chi connectivity index (χ2v) is 18.4. The Morgan fingerprint density at radius 1 is 1.27 bits per heavy atom. The first-order chi connectivity index (χ1) is 5.00. The summed E-state index contributed by atoms with van der Waals surface area (Å²) in [4.78, 5) is 11.3. The molecular weight excluding hydrogens is 264 g/mol. The van der Waals surface area contributed by atoms with Crippen LogP contribution in [0.25, 0.3) is 0 Å². The van der Waals surface area contributed by atoms with E-state index in [4.69, 9.17) is 11.6 Å². The fourth-order valence-electron chi connectivity index (χ4n) is 0.819. The Labute approximate surface area is 76.7 Å². The molecule has 0 bridgehead atoms. The van der Waals surface area contributed by atoms with Crippen molar-refractivity contribution in [1.82, 2.24) is 4.98 Å². The van der Waals surface area contributed by atoms with Gasteiger partial charge in [0.15, 0.2) is 0 Å². The van der Waals surface area contributed by atoms with E-state index in [0.29, 0.717) is 0 Å². The van der Waals surface area contributed by atoms with Crippen molar-refractivity contribution < 1.29 is 0 Å². The molecule has 0 fully saturated rings. The molecule has 0 spiro atoms. The molecule has 0 aliphatic rings. The zero-order valence-corrected chi connectivity index (χ0v) is 10.7. The second kappa shape index (κ2) is 3.31. The monoisotopic (exact) mass is 277 g/mol. The van der Waals surface area contributed by atoms with Gasteiger partial charge in [0, 0.05) is 0 Å². The van der Waals surface area contributed by atoms with Crippen LogP contribution < -0.4 is 3.71 Å². The summed E-state index contributed by atoms with van der Waals surface area (Å²) in [6, 6.07) is 3.98. The average Bonchev–Trinajstić information content (AvgIpc) is 1.86. The third kappa shape index (κ3) is 2.64. The van der Waals surface area contributed by atoms with Crippen LogP contribution in [0.5, 0.6) is 0 Å². The Hall–Kier alpha value is 0.239. The summed E-state index contributed by atoms with van der Waals surface area (Å²) in [6.07, 6.45) is 1.74. The SMILES string of the molecule is [CH3][Sn]([CH3])([CH3])[c]1ccc(Cl)cn1. The van der Waals surface area contributed by atoms with Crippen molar-refractivity contribution in [2.24, 2.45) is 0 Å². The molecule has 0 aromatic carbocycles. The molecule has 11 heavy (non-hydrogen) atoms. The summed E-state index contributed by atoms with van der Waals surface area (Å²) in [5, 5.41) is 0.726. The van der Waals surface area contributed by atoms with Gasteiger partial charge in [-0.15, -0.1) is 0 Å². The zero-order chi connectivity index (χ0) is 8.48. The predicted molar refractivity (Wildman–Crippen MR) is 52.2 cm³/mol. The molecule has 0 unspecified atom stereocenters. The normalized spacial score (nSPS) is 11.6. The molecule has 0 atom stereocenters. The summed E-state index contributed by atoms with van der Waals surface area (Å²) in [5.41, 5.74) is 0. The number of halogens is 1. The van der Waals surface area contributed by atoms with Crippen molar-refractivity contribution in [1.29, 1.82) is 0 Å². The fraction of sp³-hybridized carbons (Fsp3) is 0.375. The molecule has 0 aliphatic heterocycles. The maximum absolute atomic E-state index is 5.72. The molecule has 0 radical (unpaired) electrons. The van der Waals surface area contributed by atoms with Gasteiger partial charge in [-0.1, -0.05) is 0 Å². The number of hydrogen-bond donors (Lipinski definition) is 0. The van der Waals surface area contributed by atoms with Crippen LogP contribution in [-0.4, -0.2) is 23.4 Å². The van der Waals surface area contributed by atoms with E-state index in [1.54, 1.807) is 6.20 Å². The van der Waals surface area contributed by atoms with Crippen LogP contribution in [0.1, 0.15) is 0 Å². The van der Waals surface area contributed by atoms with E-state index in [-0.39, 0.29) is 0 Å². The van der Waals surface area contributed by atoms with Gasteiger partial charge in [0.1, 0.15) is 0 Å². The van der Waals surface area contributed by atoms with Gasteiger partial charge in [-0.05, 0) is 0 Å². The number of rotatable bonds is 1. The van der Waals surface area contributed by atoms with Gasteiger partial charge in [-0.3, -0.25) is 0 Å². The van der Waals surface area contributed by atoms with Gasteiger partial charge in [-0.25, -0.2) is 0 Å². The molecular formula is C8H12ClNSn. The van der Waals surface area contributed by atoms with Crippen LogP contribution >= 0.6 is 11.6 Å². The van der Waals surface area contributed by atoms with Crippen molar-refractivity contribution in [3.63, 3.8) is 0 Å². The predicted octanol–water partition coefficient (Wildman–Crippen LogP) is 2.28. The fourth-order valence-corrected chi connectivity index (χ4v) is 3.89. The maximum atomic E-state index is 5.72. The molecule has 0 N–H and O–H groups in total. The summed E-state index contributed by atoms with van der Waals surface area (Å²) in [7, 11) is 0. The molecule has 1 aromatic heterocycles. The van der Waals surface area contributed by atoms with Gasteiger partial charge in [0.2, 0.25) is 0 Å². The molecule has 1 nitrogen and oxygen atoms in total. The van der Waals surface area contributed by atoms with Crippen LogP contribution in [0.4, 0.5) is 0 Å². The molecule has 3 heteroatoms. The topological polar surface area (TPSA) is 12.9 Å². The minimum absolute atomic E-state index is 0.726. The third-order valence-electron chi connectivity index (χ3n) is 1.50. The summed E-state index contributed by atoms with van der Waals surface area (Å²) in [5.74, 6) is 0. The quantitative estimate of drug-likeness (QED) is 0.717. The number of pyridine rings is 1. The second-order valence-electron chi connectivity index (χ2n) is 3.61. The Bertz CT molecular complexity index is 237. The summed E-state index contributed by atoms with van der Waals surface area (Å²) >= 11 is 3.81. The van der Waals surface area contributed by atoms with E-state index in [1.165, 1.54) is 3.71 Å². The zero-order valence-electron chi connectivity index (χ0n) is 7.06. The van der Waals surface area contributed by atoms with Crippen LogP contribution in [0.2, 0.25) is 19.8 Å². The third-order valence-corrected chi connectivity index (χ3v) is 6.95. The molecule has 0 saturated carbocycles. The first-order valence-corrected chi connectivity index (χ1v) is 14.0. The number of aromatic nitrogens is 1. The standard InChI is InChI=1S/C5H3ClN.3CH3.Sn/c6-5-2-1-3-7-4-5;;;;/h1-2,4H;3*1H3;. The summed E-state index contributed by atoms with van der Waals surface area (Å²) in [6.45, 7) is 0. The van der Waals surface area contributed by atoms with E-state index in [1.807, 2.05) is 6.07 Å². The Morgan fingerprint density at radius 3 is 2.27 bits per heavy atom. The molecule has 0 amide bonds. The Morgan fingerprint density at radius 2 is 1.91 bits per heavy atom. The van der Waals surface area contributed by atoms with E-state index in [0.717, 1.165) is 5.02 Å². The van der Waals surface area contributed by atoms with Gasteiger partial charge < -0.3 is 0 Å².